The number of hydrogen-bond acceptors (Lipinski definition) is 5. The van der Waals surface area contributed by atoms with Gasteiger partial charge in [-0.2, -0.15) is 0 Å². The molecular weight excluding hydrogens is 204 g/mol. The van der Waals surface area contributed by atoms with E-state index in [1.54, 1.807) is 7.11 Å². The Hall–Kier alpha value is -1.36. The lowest BCUT2D eigenvalue weighted by atomic mass is 10.1. The number of methoxy groups -OCH3 is 1. The van der Waals surface area contributed by atoms with E-state index < -0.39 is 0 Å². The van der Waals surface area contributed by atoms with Crippen LogP contribution in [0.15, 0.2) is 12.4 Å². The Morgan fingerprint density at radius 3 is 3.12 bits per heavy atom. The number of likely N-dealkylation sites (N-methyl/N-ethyl adjacent to an activating group) is 1. The first kappa shape index (κ1) is 11.1. The Kier molecular flexibility index (Phi) is 3.56. The Morgan fingerprint density at radius 2 is 2.38 bits per heavy atom. The van der Waals surface area contributed by atoms with Crippen LogP contribution in [0.3, 0.4) is 0 Å². The quantitative estimate of drug-likeness (QED) is 0.826. The number of anilines is 1. The second-order valence-electron chi connectivity index (χ2n) is 4.19. The highest BCUT2D eigenvalue weighted by molar-refractivity contribution is 5.38. The Balaban J connectivity index is 1.97. The van der Waals surface area contributed by atoms with Crippen LogP contribution in [-0.4, -0.2) is 48.2 Å². The predicted octanol–water partition coefficient (Wildman–Crippen LogP) is 0.991. The molecule has 16 heavy (non-hydrogen) atoms. The van der Waals surface area contributed by atoms with Crippen molar-refractivity contribution in [3.05, 3.63) is 12.4 Å². The van der Waals surface area contributed by atoms with Crippen molar-refractivity contribution in [3.8, 4) is 5.88 Å². The van der Waals surface area contributed by atoms with Crippen molar-refractivity contribution < 1.29 is 4.74 Å². The summed E-state index contributed by atoms with van der Waals surface area (Å²) in [4.78, 5) is 10.5. The second kappa shape index (κ2) is 5.12. The smallest absolute Gasteiger partial charge is 0.218 e. The van der Waals surface area contributed by atoms with Crippen LogP contribution in [0, 0.1) is 0 Å². The van der Waals surface area contributed by atoms with Gasteiger partial charge in [0.1, 0.15) is 12.1 Å². The minimum absolute atomic E-state index is 0.471. The molecule has 1 saturated heterocycles. The molecule has 2 heterocycles. The van der Waals surface area contributed by atoms with Gasteiger partial charge in [-0.05, 0) is 26.4 Å². The van der Waals surface area contributed by atoms with E-state index in [9.17, 15) is 0 Å². The normalized spacial score (nSPS) is 21.8. The van der Waals surface area contributed by atoms with Crippen molar-refractivity contribution in [1.82, 2.24) is 14.9 Å². The number of ether oxygens (including phenoxy) is 1. The van der Waals surface area contributed by atoms with E-state index in [1.807, 2.05) is 6.07 Å². The van der Waals surface area contributed by atoms with Gasteiger partial charge in [-0.15, -0.1) is 0 Å². The van der Waals surface area contributed by atoms with Crippen LogP contribution in [0.25, 0.3) is 0 Å². The minimum atomic E-state index is 0.471. The molecule has 0 amide bonds. The minimum Gasteiger partial charge on any atom is -0.481 e. The van der Waals surface area contributed by atoms with Crippen molar-refractivity contribution in [3.63, 3.8) is 0 Å². The SMILES string of the molecule is COc1cc(NC2CCCN(C)C2)ncn1. The monoisotopic (exact) mass is 222 g/mol. The fourth-order valence-corrected chi connectivity index (χ4v) is 2.02. The zero-order valence-electron chi connectivity index (χ0n) is 9.81. The highest BCUT2D eigenvalue weighted by Crippen LogP contribution is 2.15. The van der Waals surface area contributed by atoms with Gasteiger partial charge in [0.25, 0.3) is 0 Å². The van der Waals surface area contributed by atoms with Crippen LogP contribution in [0.5, 0.6) is 5.88 Å². The molecule has 1 N–H and O–H groups in total. The number of nitrogens with zero attached hydrogens (tertiary/aromatic N) is 3. The molecule has 0 bridgehead atoms. The van der Waals surface area contributed by atoms with Crippen LogP contribution < -0.4 is 10.1 Å². The molecule has 0 aromatic carbocycles. The molecule has 0 radical (unpaired) electrons. The van der Waals surface area contributed by atoms with Crippen molar-refractivity contribution in [2.24, 2.45) is 0 Å². The topological polar surface area (TPSA) is 50.3 Å². The number of likely N-dealkylation sites (tertiary alicyclic amines) is 1. The lowest BCUT2D eigenvalue weighted by molar-refractivity contribution is 0.260. The summed E-state index contributed by atoms with van der Waals surface area (Å²) in [5.41, 5.74) is 0. The van der Waals surface area contributed by atoms with Crippen LogP contribution >= 0.6 is 0 Å². The largest absolute Gasteiger partial charge is 0.481 e. The van der Waals surface area contributed by atoms with E-state index in [0.717, 1.165) is 12.4 Å². The lowest BCUT2D eigenvalue weighted by Gasteiger charge is -2.30. The van der Waals surface area contributed by atoms with Crippen molar-refractivity contribution >= 4 is 5.82 Å². The number of hydrogen-bond donors (Lipinski definition) is 1. The zero-order valence-corrected chi connectivity index (χ0v) is 9.81. The third kappa shape index (κ3) is 2.82. The van der Waals surface area contributed by atoms with Gasteiger partial charge < -0.3 is 15.0 Å². The second-order valence-corrected chi connectivity index (χ2v) is 4.19. The number of rotatable bonds is 3. The van der Waals surface area contributed by atoms with E-state index in [4.69, 9.17) is 4.74 Å². The van der Waals surface area contributed by atoms with Crippen LogP contribution in [0.4, 0.5) is 5.82 Å². The highest BCUT2D eigenvalue weighted by Gasteiger charge is 2.17. The van der Waals surface area contributed by atoms with E-state index in [0.29, 0.717) is 11.9 Å². The maximum absolute atomic E-state index is 5.06. The standard InChI is InChI=1S/C11H18N4O/c1-15-5-3-4-9(7-15)14-10-6-11(16-2)13-8-12-10/h6,8-9H,3-5,7H2,1-2H3,(H,12,13,14). The third-order valence-electron chi connectivity index (χ3n) is 2.83. The van der Waals surface area contributed by atoms with E-state index in [-0.39, 0.29) is 0 Å². The maximum atomic E-state index is 5.06. The molecule has 0 aliphatic carbocycles. The molecule has 0 saturated carbocycles. The van der Waals surface area contributed by atoms with Crippen molar-refractivity contribution in [1.29, 1.82) is 0 Å². The molecule has 88 valence electrons. The molecule has 1 unspecified atom stereocenters. The first-order valence-corrected chi connectivity index (χ1v) is 5.59. The highest BCUT2D eigenvalue weighted by atomic mass is 16.5. The van der Waals surface area contributed by atoms with Gasteiger partial charge in [-0.25, -0.2) is 9.97 Å². The summed E-state index contributed by atoms with van der Waals surface area (Å²) in [6, 6.07) is 2.30. The summed E-state index contributed by atoms with van der Waals surface area (Å²) in [5.74, 6) is 1.44. The average molecular weight is 222 g/mol. The summed E-state index contributed by atoms with van der Waals surface area (Å²) in [7, 11) is 3.76. The van der Waals surface area contributed by atoms with E-state index in [1.165, 1.54) is 25.7 Å². The van der Waals surface area contributed by atoms with E-state index in [2.05, 4.69) is 27.2 Å². The summed E-state index contributed by atoms with van der Waals surface area (Å²) in [5, 5.41) is 3.41. The van der Waals surface area contributed by atoms with Gasteiger partial charge >= 0.3 is 0 Å². The average Bonchev–Trinajstić information content (AvgIpc) is 2.29. The molecule has 1 atom stereocenters. The Bertz CT molecular complexity index is 345. The van der Waals surface area contributed by atoms with Gasteiger partial charge in [-0.3, -0.25) is 0 Å². The van der Waals surface area contributed by atoms with Gasteiger partial charge in [0.05, 0.1) is 7.11 Å². The summed E-state index contributed by atoms with van der Waals surface area (Å²) in [6.45, 7) is 2.25. The molecule has 0 spiro atoms. The molecule has 5 nitrogen and oxygen atoms in total. The third-order valence-corrected chi connectivity index (χ3v) is 2.83. The number of nitrogens with one attached hydrogen (secondary N) is 1. The number of piperidine rings is 1. The van der Waals surface area contributed by atoms with Gasteiger partial charge in [0, 0.05) is 18.7 Å². The summed E-state index contributed by atoms with van der Waals surface area (Å²) >= 11 is 0. The van der Waals surface area contributed by atoms with Crippen molar-refractivity contribution in [2.45, 2.75) is 18.9 Å². The fraction of sp³-hybridized carbons (Fsp3) is 0.636. The summed E-state index contributed by atoms with van der Waals surface area (Å²) in [6.07, 6.45) is 3.95. The molecule has 1 aliphatic heterocycles. The fourth-order valence-electron chi connectivity index (χ4n) is 2.02. The predicted molar refractivity (Wildman–Crippen MR) is 62.7 cm³/mol. The molecule has 2 rings (SSSR count). The first-order chi connectivity index (χ1) is 7.78. The van der Waals surface area contributed by atoms with Crippen LogP contribution in [0.2, 0.25) is 0 Å². The lowest BCUT2D eigenvalue weighted by Crippen LogP contribution is -2.39. The molecular formula is C11H18N4O. The molecule has 1 aromatic heterocycles. The van der Waals surface area contributed by atoms with Crippen LogP contribution in [-0.2, 0) is 0 Å². The molecule has 1 aromatic rings. The van der Waals surface area contributed by atoms with Gasteiger partial charge in [0.15, 0.2) is 0 Å². The number of aromatic nitrogens is 2. The van der Waals surface area contributed by atoms with Crippen LogP contribution in [0.1, 0.15) is 12.8 Å². The molecule has 5 heteroatoms. The molecule has 1 fully saturated rings. The first-order valence-electron chi connectivity index (χ1n) is 5.59. The van der Waals surface area contributed by atoms with Gasteiger partial charge in [-0.1, -0.05) is 0 Å². The van der Waals surface area contributed by atoms with E-state index >= 15 is 0 Å². The Labute approximate surface area is 95.8 Å². The zero-order chi connectivity index (χ0) is 11.4. The Morgan fingerprint density at radius 1 is 1.50 bits per heavy atom. The maximum Gasteiger partial charge on any atom is 0.218 e. The van der Waals surface area contributed by atoms with Crippen molar-refractivity contribution in [2.75, 3.05) is 32.6 Å². The summed E-state index contributed by atoms with van der Waals surface area (Å²) < 4.78 is 5.06. The van der Waals surface area contributed by atoms with Gasteiger partial charge in [0.2, 0.25) is 5.88 Å². The molecule has 1 aliphatic rings.